The van der Waals surface area contributed by atoms with Crippen molar-refractivity contribution < 1.29 is 17.9 Å². The van der Waals surface area contributed by atoms with Gasteiger partial charge in [-0.05, 0) is 48.4 Å². The second-order valence-corrected chi connectivity index (χ2v) is 10.3. The zero-order valence-electron chi connectivity index (χ0n) is 17.2. The molecular weight excluding hydrogens is 452 g/mol. The lowest BCUT2D eigenvalue weighted by molar-refractivity contribution is 0.250. The summed E-state index contributed by atoms with van der Waals surface area (Å²) >= 11 is 6.04. The number of amides is 2. The third kappa shape index (κ3) is 4.68. The summed E-state index contributed by atoms with van der Waals surface area (Å²) in [6.07, 6.45) is 5.94. The van der Waals surface area contributed by atoms with Gasteiger partial charge in [0.15, 0.2) is 0 Å². The minimum absolute atomic E-state index is 0.0959. The van der Waals surface area contributed by atoms with Crippen LogP contribution in [0.15, 0.2) is 67.1 Å². The number of urea groups is 1. The first-order valence-electron chi connectivity index (χ1n) is 9.83. The van der Waals surface area contributed by atoms with Crippen LogP contribution in [-0.4, -0.2) is 43.0 Å². The summed E-state index contributed by atoms with van der Waals surface area (Å²) in [6, 6.07) is 13.8. The lowest BCUT2D eigenvalue weighted by Crippen LogP contribution is -2.46. The van der Waals surface area contributed by atoms with Gasteiger partial charge in [-0.15, -0.1) is 0 Å². The molecule has 0 aliphatic carbocycles. The maximum atomic E-state index is 12.9. The van der Waals surface area contributed by atoms with Crippen molar-refractivity contribution in [3.8, 4) is 11.6 Å². The molecule has 4 rings (SSSR count). The van der Waals surface area contributed by atoms with E-state index in [4.69, 9.17) is 16.3 Å². The lowest BCUT2D eigenvalue weighted by Gasteiger charge is -2.37. The summed E-state index contributed by atoms with van der Waals surface area (Å²) in [5.41, 5.74) is 0.393. The molecule has 8 nitrogen and oxygen atoms in total. The van der Waals surface area contributed by atoms with E-state index >= 15 is 0 Å². The van der Waals surface area contributed by atoms with Crippen LogP contribution in [-0.2, 0) is 15.4 Å². The van der Waals surface area contributed by atoms with Gasteiger partial charge >= 0.3 is 6.03 Å². The van der Waals surface area contributed by atoms with Gasteiger partial charge in [-0.3, -0.25) is 9.88 Å². The smallest absolute Gasteiger partial charge is 0.322 e. The third-order valence-corrected chi connectivity index (χ3v) is 6.47. The van der Waals surface area contributed by atoms with Crippen LogP contribution < -0.4 is 15.0 Å². The number of rotatable bonds is 7. The normalized spacial score (nSPS) is 18.4. The second kappa shape index (κ2) is 8.76. The maximum Gasteiger partial charge on any atom is 0.322 e. The zero-order valence-corrected chi connectivity index (χ0v) is 18.8. The van der Waals surface area contributed by atoms with Crippen LogP contribution >= 0.6 is 11.6 Å². The van der Waals surface area contributed by atoms with E-state index in [9.17, 15) is 13.2 Å². The van der Waals surface area contributed by atoms with Gasteiger partial charge in [-0.25, -0.2) is 18.2 Å². The maximum absolute atomic E-state index is 12.9. The van der Waals surface area contributed by atoms with E-state index in [2.05, 4.69) is 15.3 Å². The molecule has 3 aromatic rings. The van der Waals surface area contributed by atoms with Crippen LogP contribution in [0.2, 0.25) is 5.02 Å². The van der Waals surface area contributed by atoms with Crippen LogP contribution in [0.5, 0.6) is 11.6 Å². The molecule has 0 bridgehead atoms. The van der Waals surface area contributed by atoms with Gasteiger partial charge in [-0.2, -0.15) is 0 Å². The van der Waals surface area contributed by atoms with Gasteiger partial charge in [0.1, 0.15) is 15.6 Å². The second-order valence-electron chi connectivity index (χ2n) is 7.56. The van der Waals surface area contributed by atoms with Crippen molar-refractivity contribution >= 4 is 33.2 Å². The number of ether oxygens (including phenoxy) is 1. The molecular formula is C22H21ClN4O4S. The van der Waals surface area contributed by atoms with Crippen LogP contribution in [0.4, 0.5) is 10.5 Å². The Kier molecular flexibility index (Phi) is 6.03. The van der Waals surface area contributed by atoms with Gasteiger partial charge < -0.3 is 10.1 Å². The molecule has 0 saturated carbocycles. The molecule has 166 valence electrons. The number of benzene rings is 2. The molecule has 1 aliphatic rings. The Bertz CT molecular complexity index is 1220. The molecule has 2 heterocycles. The van der Waals surface area contributed by atoms with Crippen molar-refractivity contribution in [2.45, 2.75) is 12.0 Å². The van der Waals surface area contributed by atoms with E-state index in [1.165, 1.54) is 18.6 Å². The number of hydrogen-bond donors (Lipinski definition) is 1. The molecule has 1 aliphatic heterocycles. The van der Waals surface area contributed by atoms with E-state index in [-0.39, 0.29) is 24.7 Å². The predicted octanol–water partition coefficient (Wildman–Crippen LogP) is 3.78. The van der Waals surface area contributed by atoms with E-state index in [1.807, 2.05) is 6.07 Å². The fourth-order valence-electron chi connectivity index (χ4n) is 3.77. The SMILES string of the molecule is CS(=O)(=O)CCC1(c2cccc(Oc3cnccn3)c2)CNC(=O)N1c1ccc(Cl)cc1. The van der Waals surface area contributed by atoms with Crippen LogP contribution in [0, 0.1) is 0 Å². The van der Waals surface area contributed by atoms with E-state index in [0.717, 1.165) is 5.56 Å². The Morgan fingerprint density at radius 2 is 1.97 bits per heavy atom. The van der Waals surface area contributed by atoms with Gasteiger partial charge in [0.05, 0.1) is 17.5 Å². The van der Waals surface area contributed by atoms with Crippen LogP contribution in [0.3, 0.4) is 0 Å². The standard InChI is InChI=1S/C22H21ClN4O4S/c1-32(29,30)12-9-22(15-26-21(28)27(22)18-7-5-17(23)6-8-18)16-3-2-4-19(13-16)31-20-14-24-10-11-25-20/h2-8,10-11,13-14H,9,12,15H2,1H3,(H,26,28). The Hall–Kier alpha value is -3.17. The number of nitrogens with zero attached hydrogens (tertiary/aromatic N) is 3. The van der Waals surface area contributed by atoms with Crippen molar-refractivity contribution in [1.82, 2.24) is 15.3 Å². The highest BCUT2D eigenvalue weighted by atomic mass is 35.5. The largest absolute Gasteiger partial charge is 0.437 e. The Labute approximate surface area is 191 Å². The Morgan fingerprint density at radius 3 is 2.66 bits per heavy atom. The van der Waals surface area contributed by atoms with E-state index < -0.39 is 15.4 Å². The molecule has 32 heavy (non-hydrogen) atoms. The molecule has 1 aromatic heterocycles. The summed E-state index contributed by atoms with van der Waals surface area (Å²) in [7, 11) is -3.28. The highest BCUT2D eigenvalue weighted by Crippen LogP contribution is 2.41. The first-order chi connectivity index (χ1) is 15.3. The number of nitrogens with one attached hydrogen (secondary N) is 1. The summed E-state index contributed by atoms with van der Waals surface area (Å²) in [5.74, 6) is 0.726. The monoisotopic (exact) mass is 472 g/mol. The van der Waals surface area contributed by atoms with Gasteiger partial charge in [0.25, 0.3) is 0 Å². The first kappa shape index (κ1) is 22.0. The summed E-state index contributed by atoms with van der Waals surface area (Å²) < 4.78 is 29.9. The molecule has 1 atom stereocenters. The number of aromatic nitrogens is 2. The molecule has 1 fully saturated rings. The molecule has 1 unspecified atom stereocenters. The van der Waals surface area contributed by atoms with Crippen molar-refractivity contribution in [2.75, 3.05) is 23.5 Å². The predicted molar refractivity (Wildman–Crippen MR) is 122 cm³/mol. The van der Waals surface area contributed by atoms with Crippen molar-refractivity contribution in [3.63, 3.8) is 0 Å². The number of anilines is 1. The van der Waals surface area contributed by atoms with Gasteiger partial charge in [-0.1, -0.05) is 23.7 Å². The fraction of sp³-hybridized carbons (Fsp3) is 0.227. The minimum Gasteiger partial charge on any atom is -0.437 e. The van der Waals surface area contributed by atoms with Crippen molar-refractivity contribution in [2.24, 2.45) is 0 Å². The summed E-state index contributed by atoms with van der Waals surface area (Å²) in [6.45, 7) is 0.235. The first-order valence-corrected chi connectivity index (χ1v) is 12.3. The third-order valence-electron chi connectivity index (χ3n) is 5.27. The Morgan fingerprint density at radius 1 is 1.19 bits per heavy atom. The molecule has 2 amide bonds. The van der Waals surface area contributed by atoms with E-state index in [0.29, 0.717) is 22.3 Å². The average molecular weight is 473 g/mol. The molecule has 1 N–H and O–H groups in total. The topological polar surface area (TPSA) is 101 Å². The number of carbonyl (C=O) groups excluding carboxylic acids is 1. The number of sulfone groups is 1. The average Bonchev–Trinajstić information content (AvgIpc) is 3.11. The quantitative estimate of drug-likeness (QED) is 0.561. The molecule has 1 saturated heterocycles. The molecule has 10 heteroatoms. The Balaban J connectivity index is 1.79. The zero-order chi connectivity index (χ0) is 22.8. The minimum atomic E-state index is -3.28. The number of halogens is 1. The summed E-state index contributed by atoms with van der Waals surface area (Å²) in [4.78, 5) is 22.6. The fourth-order valence-corrected chi connectivity index (χ4v) is 4.60. The highest BCUT2D eigenvalue weighted by Gasteiger charge is 2.48. The molecule has 0 spiro atoms. The van der Waals surface area contributed by atoms with Gasteiger partial charge in [0, 0.05) is 35.9 Å². The van der Waals surface area contributed by atoms with Crippen molar-refractivity contribution in [3.05, 3.63) is 77.7 Å². The number of carbonyl (C=O) groups is 1. The highest BCUT2D eigenvalue weighted by molar-refractivity contribution is 7.90. The lowest BCUT2D eigenvalue weighted by atomic mass is 9.86. The molecule has 0 radical (unpaired) electrons. The van der Waals surface area contributed by atoms with Crippen molar-refractivity contribution in [1.29, 1.82) is 0 Å². The van der Waals surface area contributed by atoms with E-state index in [1.54, 1.807) is 53.6 Å². The van der Waals surface area contributed by atoms with Crippen LogP contribution in [0.1, 0.15) is 12.0 Å². The molecule has 2 aromatic carbocycles. The number of hydrogen-bond acceptors (Lipinski definition) is 6. The van der Waals surface area contributed by atoms with Gasteiger partial charge in [0.2, 0.25) is 5.88 Å². The summed E-state index contributed by atoms with van der Waals surface area (Å²) in [5, 5.41) is 3.41. The van der Waals surface area contributed by atoms with Crippen LogP contribution in [0.25, 0.3) is 0 Å².